The number of aromatic nitrogens is 2. The van der Waals surface area contributed by atoms with Crippen LogP contribution in [0.4, 0.5) is 0 Å². The lowest BCUT2D eigenvalue weighted by molar-refractivity contribution is 0.0680. The average molecular weight is 272 g/mol. The summed E-state index contributed by atoms with van der Waals surface area (Å²) in [5, 5.41) is 9.27. The van der Waals surface area contributed by atoms with Gasteiger partial charge in [0, 0.05) is 7.05 Å². The minimum Gasteiger partial charge on any atom is -0.475 e. The topological polar surface area (TPSA) is 55.1 Å². The van der Waals surface area contributed by atoms with Crippen molar-refractivity contribution in [1.82, 2.24) is 9.55 Å². The van der Waals surface area contributed by atoms with Gasteiger partial charge in [0.25, 0.3) is 0 Å². The van der Waals surface area contributed by atoms with Crippen LogP contribution in [0.3, 0.4) is 0 Å². The summed E-state index contributed by atoms with van der Waals surface area (Å²) in [5.41, 5.74) is 4.16. The van der Waals surface area contributed by atoms with Crippen molar-refractivity contribution < 1.29 is 9.90 Å². The summed E-state index contributed by atoms with van der Waals surface area (Å²) >= 11 is 0. The second kappa shape index (κ2) is 4.08. The van der Waals surface area contributed by atoms with E-state index in [4.69, 9.17) is 0 Å². The molecule has 2 aromatic rings. The molecule has 0 atom stereocenters. The van der Waals surface area contributed by atoms with Crippen LogP contribution in [0.15, 0.2) is 12.1 Å². The maximum Gasteiger partial charge on any atom is 0.372 e. The Morgan fingerprint density at radius 2 is 2.00 bits per heavy atom. The number of imidazole rings is 1. The number of carboxylic acids is 1. The molecule has 0 spiro atoms. The van der Waals surface area contributed by atoms with Crippen LogP contribution in [0.2, 0.25) is 0 Å². The molecule has 1 fully saturated rings. The second-order valence-corrected chi connectivity index (χ2v) is 6.76. The average Bonchev–Trinajstić information content (AvgIpc) is 3.12. The molecule has 4 nitrogen and oxygen atoms in total. The Labute approximate surface area is 118 Å². The highest BCUT2D eigenvalue weighted by Crippen LogP contribution is 2.43. The molecule has 1 aliphatic carbocycles. The normalized spacial score (nSPS) is 15.8. The van der Waals surface area contributed by atoms with Crippen LogP contribution in [0.25, 0.3) is 11.0 Å². The Hall–Kier alpha value is -1.84. The number of hydrogen-bond acceptors (Lipinski definition) is 2. The van der Waals surface area contributed by atoms with Gasteiger partial charge in [0.2, 0.25) is 5.82 Å². The van der Waals surface area contributed by atoms with Gasteiger partial charge in [0.05, 0.1) is 11.0 Å². The molecule has 20 heavy (non-hydrogen) atoms. The molecular weight excluding hydrogens is 252 g/mol. The third-order valence-electron chi connectivity index (χ3n) is 4.06. The van der Waals surface area contributed by atoms with Gasteiger partial charge < -0.3 is 9.67 Å². The third-order valence-corrected chi connectivity index (χ3v) is 4.06. The van der Waals surface area contributed by atoms with Gasteiger partial charge in [-0.2, -0.15) is 0 Å². The van der Waals surface area contributed by atoms with E-state index in [9.17, 15) is 9.90 Å². The van der Waals surface area contributed by atoms with Crippen molar-refractivity contribution in [2.45, 2.75) is 44.9 Å². The minimum absolute atomic E-state index is 0.0483. The molecule has 1 aromatic carbocycles. The number of benzene rings is 1. The molecule has 1 aromatic heterocycles. The Morgan fingerprint density at radius 1 is 1.35 bits per heavy atom. The SMILES string of the molecule is Cn1c(C(=O)O)nc2c(C(C)(C)C)cc(C3CC3)cc21. The summed E-state index contributed by atoms with van der Waals surface area (Å²) in [7, 11) is 1.78. The lowest BCUT2D eigenvalue weighted by Crippen LogP contribution is -2.12. The van der Waals surface area contributed by atoms with E-state index in [1.165, 1.54) is 18.4 Å². The molecule has 0 aliphatic heterocycles. The minimum atomic E-state index is -0.975. The Bertz CT molecular complexity index is 703. The number of aryl methyl sites for hydroxylation is 1. The fourth-order valence-electron chi connectivity index (χ4n) is 2.72. The molecule has 0 bridgehead atoms. The largest absolute Gasteiger partial charge is 0.475 e. The highest BCUT2D eigenvalue weighted by atomic mass is 16.4. The molecular formula is C16H20N2O2. The molecule has 1 heterocycles. The van der Waals surface area contributed by atoms with E-state index in [-0.39, 0.29) is 11.2 Å². The van der Waals surface area contributed by atoms with Crippen molar-refractivity contribution in [3.05, 3.63) is 29.1 Å². The van der Waals surface area contributed by atoms with Crippen LogP contribution in [0.1, 0.15) is 61.3 Å². The highest BCUT2D eigenvalue weighted by Gasteiger charge is 2.29. The number of aromatic carboxylic acids is 1. The Morgan fingerprint density at radius 3 is 2.50 bits per heavy atom. The molecule has 0 unspecified atom stereocenters. The summed E-state index contributed by atoms with van der Waals surface area (Å²) in [6.45, 7) is 6.44. The van der Waals surface area contributed by atoms with Crippen molar-refractivity contribution in [2.75, 3.05) is 0 Å². The number of hydrogen-bond donors (Lipinski definition) is 1. The first kappa shape index (κ1) is 13.2. The van der Waals surface area contributed by atoms with E-state index in [1.807, 2.05) is 0 Å². The van der Waals surface area contributed by atoms with Crippen molar-refractivity contribution in [2.24, 2.45) is 7.05 Å². The molecule has 0 amide bonds. The van der Waals surface area contributed by atoms with Crippen molar-refractivity contribution in [3.8, 4) is 0 Å². The van der Waals surface area contributed by atoms with Gasteiger partial charge in [-0.1, -0.05) is 26.8 Å². The van der Waals surface area contributed by atoms with Crippen LogP contribution in [0.5, 0.6) is 0 Å². The van der Waals surface area contributed by atoms with E-state index in [2.05, 4.69) is 37.9 Å². The van der Waals surface area contributed by atoms with Crippen molar-refractivity contribution >= 4 is 17.0 Å². The quantitative estimate of drug-likeness (QED) is 0.911. The summed E-state index contributed by atoms with van der Waals surface area (Å²) in [6.07, 6.45) is 2.47. The predicted molar refractivity (Wildman–Crippen MR) is 78.3 cm³/mol. The molecule has 1 saturated carbocycles. The second-order valence-electron chi connectivity index (χ2n) is 6.76. The van der Waals surface area contributed by atoms with Crippen molar-refractivity contribution in [1.29, 1.82) is 0 Å². The van der Waals surface area contributed by atoms with Gasteiger partial charge in [-0.05, 0) is 41.4 Å². The molecule has 0 saturated heterocycles. The zero-order chi connectivity index (χ0) is 14.7. The van der Waals surface area contributed by atoms with Crippen LogP contribution in [0, 0.1) is 0 Å². The van der Waals surface area contributed by atoms with E-state index in [0.29, 0.717) is 5.92 Å². The fraction of sp³-hybridized carbons (Fsp3) is 0.500. The lowest BCUT2D eigenvalue weighted by Gasteiger charge is -2.20. The monoisotopic (exact) mass is 272 g/mol. The first-order valence-corrected chi connectivity index (χ1v) is 7.03. The first-order chi connectivity index (χ1) is 9.29. The number of carboxylic acid groups (broad SMARTS) is 1. The van der Waals surface area contributed by atoms with Crippen molar-refractivity contribution in [3.63, 3.8) is 0 Å². The van der Waals surface area contributed by atoms with Crippen LogP contribution < -0.4 is 0 Å². The zero-order valence-corrected chi connectivity index (χ0v) is 12.4. The standard InChI is InChI=1S/C16H20N2O2/c1-16(2,3)11-7-10(9-5-6-9)8-12-13(11)17-14(15(19)20)18(12)4/h7-9H,5-6H2,1-4H3,(H,19,20). The number of nitrogens with zero attached hydrogens (tertiary/aromatic N) is 2. The molecule has 3 rings (SSSR count). The number of rotatable bonds is 2. The van der Waals surface area contributed by atoms with E-state index < -0.39 is 5.97 Å². The fourth-order valence-corrected chi connectivity index (χ4v) is 2.72. The number of carbonyl (C=O) groups is 1. The molecule has 4 heteroatoms. The maximum absolute atomic E-state index is 11.3. The van der Waals surface area contributed by atoms with E-state index in [0.717, 1.165) is 16.6 Å². The summed E-state index contributed by atoms with van der Waals surface area (Å²) in [6, 6.07) is 4.33. The highest BCUT2D eigenvalue weighted by molar-refractivity contribution is 5.91. The smallest absolute Gasteiger partial charge is 0.372 e. The van der Waals surface area contributed by atoms with Crippen LogP contribution >= 0.6 is 0 Å². The van der Waals surface area contributed by atoms with Gasteiger partial charge in [0.15, 0.2) is 0 Å². The number of fused-ring (bicyclic) bond motifs is 1. The summed E-state index contributed by atoms with van der Waals surface area (Å²) < 4.78 is 1.69. The van der Waals surface area contributed by atoms with E-state index in [1.54, 1.807) is 11.6 Å². The molecule has 0 radical (unpaired) electrons. The maximum atomic E-state index is 11.3. The summed E-state index contributed by atoms with van der Waals surface area (Å²) in [4.78, 5) is 15.7. The Kier molecular flexibility index (Phi) is 2.68. The molecule has 1 N–H and O–H groups in total. The van der Waals surface area contributed by atoms with Gasteiger partial charge in [-0.15, -0.1) is 0 Å². The van der Waals surface area contributed by atoms with Gasteiger partial charge >= 0.3 is 5.97 Å². The Balaban J connectivity index is 2.34. The zero-order valence-electron chi connectivity index (χ0n) is 12.4. The summed E-state index contributed by atoms with van der Waals surface area (Å²) in [5.74, 6) is -0.223. The predicted octanol–water partition coefficient (Wildman–Crippen LogP) is 3.45. The van der Waals surface area contributed by atoms with Gasteiger partial charge in [-0.3, -0.25) is 0 Å². The van der Waals surface area contributed by atoms with Gasteiger partial charge in [0.1, 0.15) is 0 Å². The van der Waals surface area contributed by atoms with Crippen LogP contribution in [-0.4, -0.2) is 20.6 Å². The van der Waals surface area contributed by atoms with Gasteiger partial charge in [-0.25, -0.2) is 9.78 Å². The molecule has 1 aliphatic rings. The third kappa shape index (κ3) is 1.99. The van der Waals surface area contributed by atoms with Crippen LogP contribution in [-0.2, 0) is 12.5 Å². The molecule has 106 valence electrons. The first-order valence-electron chi connectivity index (χ1n) is 7.03. The van der Waals surface area contributed by atoms with E-state index >= 15 is 0 Å². The lowest BCUT2D eigenvalue weighted by atomic mass is 9.84.